The Kier molecular flexibility index (Phi) is 37.7. The fourth-order valence-electron chi connectivity index (χ4n) is 5.48. The number of nitrogens with one attached hydrogen (secondary N) is 1. The van der Waals surface area contributed by atoms with Crippen molar-refractivity contribution in [1.29, 1.82) is 0 Å². The second-order valence-corrected chi connectivity index (χ2v) is 13.5. The van der Waals surface area contributed by atoms with Crippen LogP contribution in [0.25, 0.3) is 0 Å². The summed E-state index contributed by atoms with van der Waals surface area (Å²) in [5.41, 5.74) is 0. The van der Waals surface area contributed by atoms with Crippen LogP contribution in [0.2, 0.25) is 0 Å². The second kappa shape index (κ2) is 40.4. The van der Waals surface area contributed by atoms with E-state index in [9.17, 15) is 14.4 Å². The molecular formula is C46H75NO5. The first-order chi connectivity index (χ1) is 25.5. The molecule has 0 heterocycles. The third kappa shape index (κ3) is 39.4. The van der Waals surface area contributed by atoms with Crippen LogP contribution in [-0.2, 0) is 19.1 Å². The molecule has 0 bridgehead atoms. The van der Waals surface area contributed by atoms with E-state index in [0.717, 1.165) is 109 Å². The van der Waals surface area contributed by atoms with Gasteiger partial charge in [0.25, 0.3) is 0 Å². The van der Waals surface area contributed by atoms with Gasteiger partial charge >= 0.3 is 11.9 Å². The number of aliphatic carboxylic acids is 1. The number of carboxylic acid groups (broad SMARTS) is 1. The lowest BCUT2D eigenvalue weighted by Crippen LogP contribution is -2.28. The Balaban J connectivity index is 4.14. The average molecular weight is 722 g/mol. The van der Waals surface area contributed by atoms with Crippen LogP contribution in [0.15, 0.2) is 85.1 Å². The molecule has 52 heavy (non-hydrogen) atoms. The quantitative estimate of drug-likeness (QED) is 0.0382. The van der Waals surface area contributed by atoms with Gasteiger partial charge in [0.2, 0.25) is 5.91 Å². The van der Waals surface area contributed by atoms with Crippen molar-refractivity contribution < 1.29 is 24.2 Å². The molecule has 0 saturated carbocycles. The van der Waals surface area contributed by atoms with Gasteiger partial charge in [-0.2, -0.15) is 0 Å². The van der Waals surface area contributed by atoms with Crippen LogP contribution in [0.5, 0.6) is 0 Å². The van der Waals surface area contributed by atoms with Crippen molar-refractivity contribution in [3.63, 3.8) is 0 Å². The summed E-state index contributed by atoms with van der Waals surface area (Å²) in [6.45, 7) is 4.06. The lowest BCUT2D eigenvalue weighted by atomic mass is 10.1. The van der Waals surface area contributed by atoms with E-state index in [1.54, 1.807) is 0 Å². The minimum atomic E-state index is -1.03. The Morgan fingerprint density at radius 3 is 1.56 bits per heavy atom. The van der Waals surface area contributed by atoms with Crippen molar-refractivity contribution in [3.05, 3.63) is 85.1 Å². The summed E-state index contributed by atoms with van der Waals surface area (Å²) < 4.78 is 5.88. The summed E-state index contributed by atoms with van der Waals surface area (Å²) in [7, 11) is 0. The number of unbranched alkanes of at least 4 members (excludes halogenated alkanes) is 13. The minimum absolute atomic E-state index is 0.110. The van der Waals surface area contributed by atoms with Crippen LogP contribution in [0.4, 0.5) is 0 Å². The van der Waals surface area contributed by atoms with Gasteiger partial charge in [0.1, 0.15) is 12.6 Å². The number of allylic oxidation sites excluding steroid dienone is 13. The molecule has 294 valence electrons. The van der Waals surface area contributed by atoms with E-state index in [-0.39, 0.29) is 24.5 Å². The van der Waals surface area contributed by atoms with Crippen molar-refractivity contribution in [3.8, 4) is 0 Å². The topological polar surface area (TPSA) is 92.7 Å². The maximum Gasteiger partial charge on any atom is 0.322 e. The number of carbonyl (C=O) groups is 3. The molecule has 1 atom stereocenters. The van der Waals surface area contributed by atoms with Crippen molar-refractivity contribution >= 4 is 17.8 Å². The standard InChI is InChI=1S/C46H75NO5/c1-3-5-7-9-11-13-14-15-16-17-18-19-20-21-22-23-24-25-26-27-29-31-37-41-46(51)52-43(38-34-30-28-12-10-8-6-4-2)39-35-32-33-36-40-44(48)47-42-45(49)50/h5,7,11,13,15-16,18-19,21-22,24-25,34,38,43H,3-4,6,8-10,12,14,17,20,23,26-33,35-37,39-42H2,1-2H3,(H,47,48)(H,49,50)/b7-5-,13-11-,16-15-,19-18-,22-21-,25-24-,38-34-. The predicted octanol–water partition coefficient (Wildman–Crippen LogP) is 12.8. The molecule has 0 rings (SSSR count). The summed E-state index contributed by atoms with van der Waals surface area (Å²) in [6, 6.07) is 0. The summed E-state index contributed by atoms with van der Waals surface area (Å²) >= 11 is 0. The van der Waals surface area contributed by atoms with Gasteiger partial charge in [0.15, 0.2) is 0 Å². The SMILES string of the molecule is CC/C=C\C/C=C\C/C=C\C/C=C\C/C=C\C/C=C\CCCCCCC(=O)OC(/C=C\CCCCCCCC)CCCCCCC(=O)NCC(=O)O. The van der Waals surface area contributed by atoms with Crippen LogP contribution in [0.3, 0.4) is 0 Å². The van der Waals surface area contributed by atoms with Gasteiger partial charge in [-0.15, -0.1) is 0 Å². The zero-order valence-electron chi connectivity index (χ0n) is 33.1. The molecule has 2 N–H and O–H groups in total. The zero-order chi connectivity index (χ0) is 38.0. The van der Waals surface area contributed by atoms with Crippen molar-refractivity contribution in [2.45, 2.75) is 180 Å². The van der Waals surface area contributed by atoms with Crippen molar-refractivity contribution in [2.75, 3.05) is 6.54 Å². The molecule has 0 aliphatic rings. The number of carbonyl (C=O) groups excluding carboxylic acids is 2. The molecule has 0 spiro atoms. The molecule has 1 unspecified atom stereocenters. The maximum atomic E-state index is 12.7. The molecule has 0 radical (unpaired) electrons. The van der Waals surface area contributed by atoms with Gasteiger partial charge in [-0.05, 0) is 96.0 Å². The maximum absolute atomic E-state index is 12.7. The van der Waals surface area contributed by atoms with Crippen LogP contribution >= 0.6 is 0 Å². The van der Waals surface area contributed by atoms with Gasteiger partial charge in [-0.3, -0.25) is 14.4 Å². The van der Waals surface area contributed by atoms with E-state index in [0.29, 0.717) is 12.8 Å². The van der Waals surface area contributed by atoms with Crippen LogP contribution < -0.4 is 5.32 Å². The molecule has 6 heteroatoms. The predicted molar refractivity (Wildman–Crippen MR) is 221 cm³/mol. The highest BCUT2D eigenvalue weighted by Crippen LogP contribution is 2.15. The van der Waals surface area contributed by atoms with E-state index in [1.807, 2.05) is 0 Å². The van der Waals surface area contributed by atoms with E-state index >= 15 is 0 Å². The number of carboxylic acids is 1. The highest BCUT2D eigenvalue weighted by Gasteiger charge is 2.12. The number of esters is 1. The third-order valence-corrected chi connectivity index (χ3v) is 8.54. The fraction of sp³-hybridized carbons (Fsp3) is 0.630. The molecule has 6 nitrogen and oxygen atoms in total. The molecule has 1 amide bonds. The summed E-state index contributed by atoms with van der Waals surface area (Å²) in [6.07, 6.45) is 55.8. The molecule has 0 aliphatic heterocycles. The summed E-state index contributed by atoms with van der Waals surface area (Å²) in [5, 5.41) is 11.1. The third-order valence-electron chi connectivity index (χ3n) is 8.54. The molecule has 0 aromatic carbocycles. The van der Waals surface area contributed by atoms with Gasteiger partial charge in [-0.1, -0.05) is 151 Å². The van der Waals surface area contributed by atoms with E-state index in [2.05, 4.69) is 104 Å². The smallest absolute Gasteiger partial charge is 0.322 e. The number of hydrogen-bond donors (Lipinski definition) is 2. The van der Waals surface area contributed by atoms with E-state index in [1.165, 1.54) is 38.5 Å². The molecule has 0 aliphatic carbocycles. The first kappa shape index (κ1) is 48.6. The second-order valence-electron chi connectivity index (χ2n) is 13.5. The number of ether oxygens (including phenoxy) is 1. The van der Waals surface area contributed by atoms with E-state index in [4.69, 9.17) is 9.84 Å². The number of amides is 1. The Morgan fingerprint density at radius 2 is 1.00 bits per heavy atom. The first-order valence-electron chi connectivity index (χ1n) is 20.7. The number of hydrogen-bond acceptors (Lipinski definition) is 4. The van der Waals surface area contributed by atoms with Crippen molar-refractivity contribution in [2.24, 2.45) is 0 Å². The average Bonchev–Trinajstić information content (AvgIpc) is 3.13. The molecular weight excluding hydrogens is 647 g/mol. The Bertz CT molecular complexity index is 1060. The van der Waals surface area contributed by atoms with E-state index < -0.39 is 5.97 Å². The minimum Gasteiger partial charge on any atom is -0.480 e. The molecule has 0 aromatic rings. The van der Waals surface area contributed by atoms with Gasteiger partial charge in [-0.25, -0.2) is 0 Å². The van der Waals surface area contributed by atoms with Gasteiger partial charge in [0, 0.05) is 12.8 Å². The van der Waals surface area contributed by atoms with Crippen LogP contribution in [-0.4, -0.2) is 35.6 Å². The lowest BCUT2D eigenvalue weighted by molar-refractivity contribution is -0.147. The monoisotopic (exact) mass is 722 g/mol. The van der Waals surface area contributed by atoms with Gasteiger partial charge < -0.3 is 15.2 Å². The highest BCUT2D eigenvalue weighted by atomic mass is 16.5. The molecule has 0 aromatic heterocycles. The molecule has 0 fully saturated rings. The van der Waals surface area contributed by atoms with Crippen LogP contribution in [0.1, 0.15) is 174 Å². The normalized spacial score (nSPS) is 13.0. The van der Waals surface area contributed by atoms with Crippen LogP contribution in [0, 0.1) is 0 Å². The Labute approximate surface area is 318 Å². The highest BCUT2D eigenvalue weighted by molar-refractivity contribution is 5.80. The zero-order valence-corrected chi connectivity index (χ0v) is 33.1. The summed E-state index contributed by atoms with van der Waals surface area (Å²) in [4.78, 5) is 34.9. The fourth-order valence-corrected chi connectivity index (χ4v) is 5.48. The largest absolute Gasteiger partial charge is 0.480 e. The first-order valence-corrected chi connectivity index (χ1v) is 20.7. The van der Waals surface area contributed by atoms with Gasteiger partial charge in [0.05, 0.1) is 0 Å². The Hall–Kier alpha value is -3.41. The lowest BCUT2D eigenvalue weighted by Gasteiger charge is -2.15. The Morgan fingerprint density at radius 1 is 0.538 bits per heavy atom. The molecule has 0 saturated heterocycles. The summed E-state index contributed by atoms with van der Waals surface area (Å²) in [5.74, 6) is -1.36. The van der Waals surface area contributed by atoms with Crippen molar-refractivity contribution in [1.82, 2.24) is 5.32 Å². The number of rotatable bonds is 36.